The molecular weight excluding hydrogens is 568 g/mol. The lowest BCUT2D eigenvalue weighted by atomic mass is 10.0. The van der Waals surface area contributed by atoms with E-state index in [4.69, 9.17) is 10.5 Å². The number of carbonyl (C=O) groups is 2. The lowest BCUT2D eigenvalue weighted by Crippen LogP contribution is -2.37. The van der Waals surface area contributed by atoms with Gasteiger partial charge in [-0.2, -0.15) is 0 Å². The van der Waals surface area contributed by atoms with Crippen molar-refractivity contribution in [3.63, 3.8) is 0 Å². The van der Waals surface area contributed by atoms with Crippen molar-refractivity contribution in [2.45, 2.75) is 0 Å². The number of ether oxygens (including phenoxy) is 1. The van der Waals surface area contributed by atoms with Crippen molar-refractivity contribution < 1.29 is 24.5 Å². The number of aromatic nitrogens is 2. The Balaban J connectivity index is 1.38. The van der Waals surface area contributed by atoms with E-state index < -0.39 is 0 Å². The van der Waals surface area contributed by atoms with Gasteiger partial charge in [-0.25, -0.2) is 4.98 Å². The van der Waals surface area contributed by atoms with Crippen LogP contribution in [0, 0.1) is 0 Å². The molecule has 2 amide bonds. The Kier molecular flexibility index (Phi) is 9.22. The molecule has 224 valence electrons. The second-order valence-electron chi connectivity index (χ2n) is 9.97. The van der Waals surface area contributed by atoms with E-state index in [9.17, 15) is 19.8 Å². The number of nitrogens with zero attached hydrogens (tertiary/aromatic N) is 3. The first-order valence-electron chi connectivity index (χ1n) is 13.8. The number of amides is 2. The maximum Gasteiger partial charge on any atom is 0.272 e. The van der Waals surface area contributed by atoms with Crippen molar-refractivity contribution in [1.82, 2.24) is 19.8 Å². The third kappa shape index (κ3) is 6.18. The lowest BCUT2D eigenvalue weighted by molar-refractivity contribution is 0.0945. The van der Waals surface area contributed by atoms with E-state index in [0.29, 0.717) is 64.8 Å². The zero-order valence-corrected chi connectivity index (χ0v) is 24.8. The molecule has 0 fully saturated rings. The Bertz CT molecular complexity index is 1780. The molecule has 3 heterocycles. The van der Waals surface area contributed by atoms with E-state index >= 15 is 0 Å². The summed E-state index contributed by atoms with van der Waals surface area (Å²) < 4.78 is 8.21. The number of benzene rings is 2. The summed E-state index contributed by atoms with van der Waals surface area (Å²) in [6.45, 7) is 1.58. The summed E-state index contributed by atoms with van der Waals surface area (Å²) in [7, 11) is 3.40. The predicted octanol–water partition coefficient (Wildman–Crippen LogP) is 3.31. The molecule has 0 unspecified atom stereocenters. The summed E-state index contributed by atoms with van der Waals surface area (Å²) >= 11 is 1.39. The molecule has 2 aromatic carbocycles. The average molecular weight is 603 g/mol. The van der Waals surface area contributed by atoms with Gasteiger partial charge in [0.25, 0.3) is 11.8 Å². The van der Waals surface area contributed by atoms with Gasteiger partial charge in [0.1, 0.15) is 17.3 Å². The van der Waals surface area contributed by atoms with Crippen LogP contribution in [-0.2, 0) is 7.05 Å². The van der Waals surface area contributed by atoms with Gasteiger partial charge >= 0.3 is 0 Å². The van der Waals surface area contributed by atoms with Crippen molar-refractivity contribution in [2.75, 3.05) is 57.6 Å². The fraction of sp³-hybridized carbons (Fsp3) is 0.258. The Morgan fingerprint density at radius 1 is 1.07 bits per heavy atom. The number of rotatable bonds is 12. The molecule has 6 N–H and O–H groups in total. The van der Waals surface area contributed by atoms with Gasteiger partial charge in [0.05, 0.1) is 36.3 Å². The quantitative estimate of drug-likeness (QED) is 0.146. The summed E-state index contributed by atoms with van der Waals surface area (Å²) in [6, 6.07) is 15.1. The second kappa shape index (κ2) is 13.2. The highest BCUT2D eigenvalue weighted by Gasteiger charge is 2.20. The van der Waals surface area contributed by atoms with Gasteiger partial charge in [0.15, 0.2) is 0 Å². The average Bonchev–Trinajstić information content (AvgIpc) is 3.60. The molecular formula is C31H34N6O5S. The van der Waals surface area contributed by atoms with Crippen molar-refractivity contribution in [3.8, 4) is 16.9 Å². The minimum absolute atomic E-state index is 0.0310. The smallest absolute Gasteiger partial charge is 0.272 e. The number of pyridine rings is 1. The number of aliphatic hydroxyl groups is 2. The summed E-state index contributed by atoms with van der Waals surface area (Å²) in [5.74, 6) is 0.222. The highest BCUT2D eigenvalue weighted by molar-refractivity contribution is 7.18. The molecule has 0 bridgehead atoms. The number of nitrogens with one attached hydrogen (secondary N) is 2. The third-order valence-corrected chi connectivity index (χ3v) is 8.37. The molecule has 3 aromatic heterocycles. The van der Waals surface area contributed by atoms with Gasteiger partial charge in [0, 0.05) is 61.3 Å². The maximum absolute atomic E-state index is 13.2. The number of nitrogens with two attached hydrogens (primary N) is 1. The van der Waals surface area contributed by atoms with Crippen LogP contribution in [0.5, 0.6) is 5.75 Å². The monoisotopic (exact) mass is 602 g/mol. The highest BCUT2D eigenvalue weighted by atomic mass is 32.1. The third-order valence-electron chi connectivity index (χ3n) is 7.36. The Hall–Kier alpha value is -4.49. The van der Waals surface area contributed by atoms with Crippen molar-refractivity contribution in [3.05, 3.63) is 71.4 Å². The van der Waals surface area contributed by atoms with E-state index in [0.717, 1.165) is 22.0 Å². The normalized spacial score (nSPS) is 11.4. The fourth-order valence-electron chi connectivity index (χ4n) is 5.14. The van der Waals surface area contributed by atoms with Crippen LogP contribution < -0.4 is 21.1 Å². The molecule has 0 saturated carbocycles. The SMILES string of the molecule is COc1cc(-c2csc3c(C(=O)NCCN(CCO)CCO)cnc(N)c23)ccc1NC(=O)c1cc2ccccc2n1C. The molecule has 0 aliphatic heterocycles. The standard InChI is InChI=1S/C31H34N6O5S/c1-36-24-6-4-3-5-20(24)15-25(36)31(41)35-23-8-7-19(16-26(23)42-2)22-18-43-28-21(17-34-29(32)27(22)28)30(40)33-9-10-37(11-13-38)12-14-39/h3-8,15-18,38-39H,9-14H2,1-2H3,(H2,32,34)(H,33,40)(H,35,41). The zero-order valence-electron chi connectivity index (χ0n) is 24.0. The topological polar surface area (TPSA) is 155 Å². The minimum Gasteiger partial charge on any atom is -0.495 e. The molecule has 43 heavy (non-hydrogen) atoms. The molecule has 0 aliphatic rings. The first-order valence-corrected chi connectivity index (χ1v) is 14.7. The highest BCUT2D eigenvalue weighted by Crippen LogP contribution is 2.41. The van der Waals surface area contributed by atoms with Crippen LogP contribution >= 0.6 is 11.3 Å². The van der Waals surface area contributed by atoms with Gasteiger partial charge in [-0.1, -0.05) is 24.3 Å². The first kappa shape index (κ1) is 30.0. The molecule has 0 saturated heterocycles. The van der Waals surface area contributed by atoms with Crippen LogP contribution in [-0.4, -0.2) is 83.0 Å². The number of para-hydroxylation sites is 1. The number of hydrogen-bond acceptors (Lipinski definition) is 9. The Morgan fingerprint density at radius 3 is 2.56 bits per heavy atom. The molecule has 5 aromatic rings. The number of methoxy groups -OCH3 is 1. The van der Waals surface area contributed by atoms with Gasteiger partial charge in [-0.05, 0) is 35.2 Å². The number of anilines is 2. The van der Waals surface area contributed by atoms with Gasteiger partial charge in [0.2, 0.25) is 0 Å². The maximum atomic E-state index is 13.2. The van der Waals surface area contributed by atoms with E-state index in [1.54, 1.807) is 6.07 Å². The lowest BCUT2D eigenvalue weighted by Gasteiger charge is -2.20. The number of thiophene rings is 1. The van der Waals surface area contributed by atoms with Gasteiger partial charge in [-0.15, -0.1) is 11.3 Å². The summed E-state index contributed by atoms with van der Waals surface area (Å²) in [6.07, 6.45) is 1.47. The predicted molar refractivity (Wildman–Crippen MR) is 170 cm³/mol. The van der Waals surface area contributed by atoms with Crippen LogP contribution in [0.25, 0.3) is 32.1 Å². The minimum atomic E-state index is -0.289. The Labute approximate surface area is 252 Å². The van der Waals surface area contributed by atoms with Crippen LogP contribution in [0.4, 0.5) is 11.5 Å². The Morgan fingerprint density at radius 2 is 1.84 bits per heavy atom. The number of fused-ring (bicyclic) bond motifs is 2. The van der Waals surface area contributed by atoms with Gasteiger partial charge < -0.3 is 35.9 Å². The zero-order chi connectivity index (χ0) is 30.5. The van der Waals surface area contributed by atoms with E-state index in [-0.39, 0.29) is 25.0 Å². The fourth-order valence-corrected chi connectivity index (χ4v) is 6.23. The number of hydrogen-bond donors (Lipinski definition) is 5. The molecule has 5 rings (SSSR count). The van der Waals surface area contributed by atoms with E-state index in [2.05, 4.69) is 15.6 Å². The number of nitrogen functional groups attached to an aromatic ring is 1. The molecule has 11 nitrogen and oxygen atoms in total. The molecule has 0 radical (unpaired) electrons. The van der Waals surface area contributed by atoms with Crippen LogP contribution in [0.1, 0.15) is 20.8 Å². The van der Waals surface area contributed by atoms with Crippen molar-refractivity contribution in [1.29, 1.82) is 0 Å². The largest absolute Gasteiger partial charge is 0.495 e. The van der Waals surface area contributed by atoms with Crippen LogP contribution in [0.3, 0.4) is 0 Å². The van der Waals surface area contributed by atoms with Crippen molar-refractivity contribution >= 4 is 55.6 Å². The van der Waals surface area contributed by atoms with Crippen LogP contribution in [0.15, 0.2) is 60.1 Å². The van der Waals surface area contributed by atoms with E-state index in [1.165, 1.54) is 24.6 Å². The van der Waals surface area contributed by atoms with Crippen LogP contribution in [0.2, 0.25) is 0 Å². The number of aryl methyl sites for hydroxylation is 1. The number of carbonyl (C=O) groups excluding carboxylic acids is 2. The number of aliphatic hydroxyl groups excluding tert-OH is 2. The molecule has 0 aliphatic carbocycles. The summed E-state index contributed by atoms with van der Waals surface area (Å²) in [5.41, 5.74) is 10.3. The second-order valence-corrected chi connectivity index (χ2v) is 10.9. The molecule has 12 heteroatoms. The summed E-state index contributed by atoms with van der Waals surface area (Å²) in [5, 5.41) is 27.8. The van der Waals surface area contributed by atoms with E-state index in [1.807, 2.05) is 64.4 Å². The van der Waals surface area contributed by atoms with Gasteiger partial charge in [-0.3, -0.25) is 14.5 Å². The molecule has 0 atom stereocenters. The first-order chi connectivity index (χ1) is 20.9. The van der Waals surface area contributed by atoms with Crippen molar-refractivity contribution in [2.24, 2.45) is 7.05 Å². The molecule has 0 spiro atoms. The summed E-state index contributed by atoms with van der Waals surface area (Å²) in [4.78, 5) is 32.5.